The number of alkyl halides is 2. The zero-order valence-corrected chi connectivity index (χ0v) is 26.7. The molecule has 0 rings (SSSR count). The van der Waals surface area contributed by atoms with Gasteiger partial charge in [0.15, 0.2) is 0 Å². The number of rotatable bonds is 14. The number of hydrogen-bond acceptors (Lipinski definition) is 5. The SMILES string of the molecule is CC(C)(C)OC(=O)/N=C(\N(CCCCCCCBr)C(=O)O)N(CCCCCCCBr)C(=O)OC(C)(C)C. The minimum absolute atomic E-state index is 0.0931. The number of unbranched alkanes of at least 4 members (excludes halogenated alkanes) is 8. The molecule has 0 aliphatic heterocycles. The Hall–Kier alpha value is -1.36. The average molecular weight is 657 g/mol. The summed E-state index contributed by atoms with van der Waals surface area (Å²) < 4.78 is 10.9. The van der Waals surface area contributed by atoms with E-state index in [9.17, 15) is 19.5 Å². The van der Waals surface area contributed by atoms with Crippen molar-refractivity contribution in [1.82, 2.24) is 9.80 Å². The van der Waals surface area contributed by atoms with Gasteiger partial charge >= 0.3 is 18.3 Å². The molecule has 9 nitrogen and oxygen atoms in total. The lowest BCUT2D eigenvalue weighted by Gasteiger charge is -2.32. The molecule has 0 aliphatic carbocycles. The van der Waals surface area contributed by atoms with E-state index in [0.717, 1.165) is 66.9 Å². The highest BCUT2D eigenvalue weighted by atomic mass is 79.9. The van der Waals surface area contributed by atoms with Crippen molar-refractivity contribution < 1.29 is 29.0 Å². The smallest absolute Gasteiger partial charge is 0.437 e. The molecular weight excluding hydrogens is 610 g/mol. The van der Waals surface area contributed by atoms with Gasteiger partial charge in [-0.2, -0.15) is 0 Å². The van der Waals surface area contributed by atoms with Crippen molar-refractivity contribution in [1.29, 1.82) is 0 Å². The van der Waals surface area contributed by atoms with Crippen LogP contribution < -0.4 is 0 Å². The third-order valence-electron chi connectivity index (χ3n) is 4.94. The van der Waals surface area contributed by atoms with Gasteiger partial charge in [-0.05, 0) is 67.2 Å². The first-order valence-corrected chi connectivity index (χ1v) is 15.4. The van der Waals surface area contributed by atoms with E-state index in [0.29, 0.717) is 12.8 Å². The van der Waals surface area contributed by atoms with Crippen molar-refractivity contribution in [2.45, 2.75) is 117 Å². The highest BCUT2D eigenvalue weighted by Gasteiger charge is 2.33. The Morgan fingerprint density at radius 1 is 0.676 bits per heavy atom. The number of guanidine groups is 1. The topological polar surface area (TPSA) is 109 Å². The number of aliphatic imine (C=N–C) groups is 1. The molecule has 0 radical (unpaired) electrons. The molecule has 0 aliphatic rings. The third-order valence-corrected chi connectivity index (χ3v) is 6.06. The molecule has 0 aromatic rings. The number of carbonyl (C=O) groups is 3. The Morgan fingerprint density at radius 3 is 1.49 bits per heavy atom. The van der Waals surface area contributed by atoms with Gasteiger partial charge in [0, 0.05) is 23.7 Å². The molecular formula is C26H47Br2N3O6. The Labute approximate surface area is 240 Å². The van der Waals surface area contributed by atoms with Crippen LogP contribution in [0.5, 0.6) is 0 Å². The number of carboxylic acid groups (broad SMARTS) is 1. The van der Waals surface area contributed by atoms with Crippen molar-refractivity contribution in [2.75, 3.05) is 23.7 Å². The van der Waals surface area contributed by atoms with Gasteiger partial charge in [-0.15, -0.1) is 4.99 Å². The summed E-state index contributed by atoms with van der Waals surface area (Å²) in [5, 5.41) is 11.9. The van der Waals surface area contributed by atoms with E-state index in [-0.39, 0.29) is 19.0 Å². The first-order valence-electron chi connectivity index (χ1n) is 13.2. The fourth-order valence-electron chi connectivity index (χ4n) is 3.29. The van der Waals surface area contributed by atoms with Crippen LogP contribution in [0.15, 0.2) is 4.99 Å². The van der Waals surface area contributed by atoms with Gasteiger partial charge in [0.2, 0.25) is 5.96 Å². The summed E-state index contributed by atoms with van der Waals surface area (Å²) in [5.74, 6) is -0.281. The van der Waals surface area contributed by atoms with Crippen LogP contribution in [0.25, 0.3) is 0 Å². The molecule has 1 N–H and O–H groups in total. The predicted octanol–water partition coefficient (Wildman–Crippen LogP) is 8.19. The highest BCUT2D eigenvalue weighted by Crippen LogP contribution is 2.17. The zero-order chi connectivity index (χ0) is 28.5. The average Bonchev–Trinajstić information content (AvgIpc) is 2.74. The van der Waals surface area contributed by atoms with E-state index < -0.39 is 29.5 Å². The Bertz CT molecular complexity index is 720. The second-order valence-electron chi connectivity index (χ2n) is 10.9. The van der Waals surface area contributed by atoms with Crippen LogP contribution in [0.4, 0.5) is 14.4 Å². The number of halogens is 2. The third kappa shape index (κ3) is 18.5. The Balaban J connectivity index is 6.04. The van der Waals surface area contributed by atoms with Crippen molar-refractivity contribution >= 4 is 56.1 Å². The maximum atomic E-state index is 13.2. The minimum Gasteiger partial charge on any atom is -0.465 e. The Morgan fingerprint density at radius 2 is 1.08 bits per heavy atom. The Kier molecular flexibility index (Phi) is 18.1. The summed E-state index contributed by atoms with van der Waals surface area (Å²) in [5.41, 5.74) is -1.65. The molecule has 0 aromatic carbocycles. The molecule has 0 spiro atoms. The minimum atomic E-state index is -1.30. The van der Waals surface area contributed by atoms with Crippen molar-refractivity contribution in [2.24, 2.45) is 4.99 Å². The van der Waals surface area contributed by atoms with Gasteiger partial charge in [0.1, 0.15) is 11.2 Å². The standard InChI is InChI=1S/C26H47Br2N3O6/c1-25(2,3)36-22(32)29-21(30(23(33)34)19-15-11-7-9-13-17-27)31(24(35)37-26(4,5)6)20-16-12-8-10-14-18-28/h7-20H2,1-6H3,(H,33,34)/b29-21+. The molecule has 0 aromatic heterocycles. The van der Waals surface area contributed by atoms with Crippen LogP contribution >= 0.6 is 31.9 Å². The quantitative estimate of drug-likeness (QED) is 0.0874. The van der Waals surface area contributed by atoms with E-state index in [1.807, 2.05) is 0 Å². The number of carbonyl (C=O) groups excluding carboxylic acids is 2. The molecule has 0 saturated carbocycles. The van der Waals surface area contributed by atoms with Gasteiger partial charge in [0.05, 0.1) is 0 Å². The van der Waals surface area contributed by atoms with E-state index in [1.165, 1.54) is 4.90 Å². The summed E-state index contributed by atoms with van der Waals surface area (Å²) >= 11 is 6.84. The van der Waals surface area contributed by atoms with Crippen LogP contribution in [-0.2, 0) is 9.47 Å². The molecule has 0 atom stereocenters. The van der Waals surface area contributed by atoms with E-state index >= 15 is 0 Å². The summed E-state index contributed by atoms with van der Waals surface area (Å²) in [6.45, 7) is 10.5. The lowest BCUT2D eigenvalue weighted by Crippen LogP contribution is -2.52. The number of amides is 3. The van der Waals surface area contributed by atoms with E-state index in [4.69, 9.17) is 9.47 Å². The number of hydrogen-bond donors (Lipinski definition) is 1. The van der Waals surface area contributed by atoms with Crippen LogP contribution in [0, 0.1) is 0 Å². The van der Waals surface area contributed by atoms with Crippen molar-refractivity contribution in [3.8, 4) is 0 Å². The molecule has 0 fully saturated rings. The lowest BCUT2D eigenvalue weighted by molar-refractivity contribution is 0.0346. The van der Waals surface area contributed by atoms with Gasteiger partial charge in [-0.1, -0.05) is 70.4 Å². The first-order chi connectivity index (χ1) is 17.2. The normalized spacial score (nSPS) is 12.3. The van der Waals surface area contributed by atoms with Gasteiger partial charge in [-0.3, -0.25) is 0 Å². The van der Waals surface area contributed by atoms with Gasteiger partial charge in [-0.25, -0.2) is 24.2 Å². The van der Waals surface area contributed by atoms with Crippen LogP contribution in [-0.4, -0.2) is 74.1 Å². The molecule has 0 heterocycles. The zero-order valence-electron chi connectivity index (χ0n) is 23.5. The summed E-state index contributed by atoms with van der Waals surface area (Å²) in [6, 6.07) is 0. The van der Waals surface area contributed by atoms with Gasteiger partial charge < -0.3 is 14.6 Å². The molecule has 37 heavy (non-hydrogen) atoms. The maximum Gasteiger partial charge on any atom is 0.437 e. The largest absolute Gasteiger partial charge is 0.465 e. The number of nitrogens with zero attached hydrogens (tertiary/aromatic N) is 3. The maximum absolute atomic E-state index is 13.2. The van der Waals surface area contributed by atoms with Crippen LogP contribution in [0.1, 0.15) is 106 Å². The summed E-state index contributed by atoms with van der Waals surface area (Å²) in [6.07, 6.45) is 5.95. The predicted molar refractivity (Wildman–Crippen MR) is 155 cm³/mol. The van der Waals surface area contributed by atoms with Gasteiger partial charge in [0.25, 0.3) is 0 Å². The fourth-order valence-corrected chi connectivity index (χ4v) is 4.09. The lowest BCUT2D eigenvalue weighted by atomic mass is 10.1. The molecule has 0 bridgehead atoms. The second-order valence-corrected chi connectivity index (χ2v) is 12.5. The molecule has 216 valence electrons. The number of ether oxygens (including phenoxy) is 2. The summed E-state index contributed by atoms with van der Waals surface area (Å²) in [7, 11) is 0. The molecule has 0 saturated heterocycles. The van der Waals surface area contributed by atoms with Crippen molar-refractivity contribution in [3.63, 3.8) is 0 Å². The first kappa shape index (κ1) is 35.6. The van der Waals surface area contributed by atoms with Crippen LogP contribution in [0.2, 0.25) is 0 Å². The fraction of sp³-hybridized carbons (Fsp3) is 0.846. The highest BCUT2D eigenvalue weighted by molar-refractivity contribution is 9.09. The molecule has 11 heteroatoms. The second kappa shape index (κ2) is 18.8. The van der Waals surface area contributed by atoms with E-state index in [2.05, 4.69) is 36.9 Å². The van der Waals surface area contributed by atoms with Crippen LogP contribution in [0.3, 0.4) is 0 Å². The van der Waals surface area contributed by atoms with Crippen molar-refractivity contribution in [3.05, 3.63) is 0 Å². The van der Waals surface area contributed by atoms with E-state index in [1.54, 1.807) is 41.5 Å². The molecule has 0 unspecified atom stereocenters. The summed E-state index contributed by atoms with van der Waals surface area (Å²) in [4.78, 5) is 44.4. The molecule has 3 amide bonds. The monoisotopic (exact) mass is 655 g/mol.